The lowest BCUT2D eigenvalue weighted by molar-refractivity contribution is 0.257. The molecule has 0 amide bonds. The molecule has 3 aliphatic carbocycles. The summed E-state index contributed by atoms with van der Waals surface area (Å²) in [6, 6.07) is 0. The van der Waals surface area contributed by atoms with Gasteiger partial charge in [-0.15, -0.1) is 0 Å². The Morgan fingerprint density at radius 2 is 0.875 bits per heavy atom. The predicted molar refractivity (Wildman–Crippen MR) is 76.2 cm³/mol. The first-order valence-electron chi connectivity index (χ1n) is 6.82. The van der Waals surface area contributed by atoms with Crippen molar-refractivity contribution >= 4 is 34.2 Å². The number of hydrogen-bond donors (Lipinski definition) is 0. The third-order valence-electron chi connectivity index (χ3n) is 5.15. The van der Waals surface area contributed by atoms with Gasteiger partial charge in [-0.1, -0.05) is 63.0 Å². The van der Waals surface area contributed by atoms with Crippen LogP contribution < -0.4 is 0 Å². The van der Waals surface area contributed by atoms with E-state index in [9.17, 15) is 0 Å². The molecule has 88 valence electrons. The molecule has 0 aromatic rings. The van der Waals surface area contributed by atoms with Crippen LogP contribution >= 0.6 is 24.4 Å². The van der Waals surface area contributed by atoms with Crippen molar-refractivity contribution in [3.05, 3.63) is 0 Å². The smallest absolute Gasteiger partial charge is 0.0348 e. The summed E-state index contributed by atoms with van der Waals surface area (Å²) >= 11 is 11.7. The summed E-state index contributed by atoms with van der Waals surface area (Å²) in [7, 11) is 0. The average molecular weight is 252 g/mol. The average Bonchev–Trinajstić information content (AvgIpc) is 2.39. The van der Waals surface area contributed by atoms with E-state index >= 15 is 0 Å². The fourth-order valence-corrected chi connectivity index (χ4v) is 5.63. The van der Waals surface area contributed by atoms with E-state index < -0.39 is 0 Å². The van der Waals surface area contributed by atoms with E-state index in [-0.39, 0.29) is 10.8 Å². The molecule has 0 heterocycles. The highest BCUT2D eigenvalue weighted by Gasteiger charge is 2.63. The topological polar surface area (TPSA) is 0 Å². The summed E-state index contributed by atoms with van der Waals surface area (Å²) in [5.41, 5.74) is 0.501. The van der Waals surface area contributed by atoms with E-state index in [1.807, 2.05) is 0 Å². The Kier molecular flexibility index (Phi) is 2.71. The summed E-state index contributed by atoms with van der Waals surface area (Å²) in [5, 5.41) is 0. The minimum atomic E-state index is 0.250. The lowest BCUT2D eigenvalue weighted by Gasteiger charge is -2.61. The molecule has 0 atom stereocenters. The van der Waals surface area contributed by atoms with Crippen molar-refractivity contribution in [3.8, 4) is 0 Å². The highest BCUT2D eigenvalue weighted by molar-refractivity contribution is 7.84. The second-order valence-corrected chi connectivity index (χ2v) is 6.76. The Morgan fingerprint density at radius 3 is 1.19 bits per heavy atom. The molecule has 0 saturated heterocycles. The number of rotatable bonds is 0. The minimum Gasteiger partial charge on any atom is -0.0877 e. The van der Waals surface area contributed by atoms with E-state index in [2.05, 4.69) is 0 Å². The van der Waals surface area contributed by atoms with Crippen LogP contribution in [0.5, 0.6) is 0 Å². The Morgan fingerprint density at radius 1 is 0.562 bits per heavy atom. The molecular weight excluding hydrogens is 232 g/mol. The summed E-state index contributed by atoms with van der Waals surface area (Å²) in [4.78, 5) is 2.76. The van der Waals surface area contributed by atoms with Crippen molar-refractivity contribution in [2.75, 3.05) is 0 Å². The number of thiocarbonyl (C=S) groups is 2. The second kappa shape index (κ2) is 3.84. The maximum absolute atomic E-state index is 5.84. The summed E-state index contributed by atoms with van der Waals surface area (Å²) in [6.45, 7) is 0. The van der Waals surface area contributed by atoms with Gasteiger partial charge >= 0.3 is 0 Å². The van der Waals surface area contributed by atoms with Crippen molar-refractivity contribution in [2.24, 2.45) is 10.8 Å². The first-order valence-corrected chi connectivity index (χ1v) is 7.64. The van der Waals surface area contributed by atoms with Crippen LogP contribution in [-0.2, 0) is 0 Å². The monoisotopic (exact) mass is 252 g/mol. The predicted octanol–water partition coefficient (Wildman–Crippen LogP) is 4.64. The van der Waals surface area contributed by atoms with Crippen molar-refractivity contribution in [2.45, 2.75) is 64.2 Å². The maximum Gasteiger partial charge on any atom is 0.0348 e. The largest absolute Gasteiger partial charge is 0.0877 e. The van der Waals surface area contributed by atoms with Gasteiger partial charge in [0.25, 0.3) is 0 Å². The molecule has 3 rings (SSSR count). The van der Waals surface area contributed by atoms with Crippen LogP contribution in [0.4, 0.5) is 0 Å². The van der Waals surface area contributed by atoms with Gasteiger partial charge in [-0.05, 0) is 25.7 Å². The van der Waals surface area contributed by atoms with Crippen LogP contribution in [0, 0.1) is 10.8 Å². The third-order valence-corrected chi connectivity index (χ3v) is 6.72. The van der Waals surface area contributed by atoms with Crippen LogP contribution in [0.25, 0.3) is 0 Å². The van der Waals surface area contributed by atoms with Crippen molar-refractivity contribution < 1.29 is 0 Å². The molecule has 3 saturated carbocycles. The first-order chi connectivity index (χ1) is 7.72. The molecule has 3 fully saturated rings. The molecule has 2 spiro atoms. The van der Waals surface area contributed by atoms with E-state index in [1.165, 1.54) is 73.9 Å². The summed E-state index contributed by atoms with van der Waals surface area (Å²) < 4.78 is 0. The van der Waals surface area contributed by atoms with Crippen molar-refractivity contribution in [1.29, 1.82) is 0 Å². The first kappa shape index (κ1) is 11.3. The van der Waals surface area contributed by atoms with E-state index in [0.717, 1.165) is 0 Å². The molecule has 0 aliphatic heterocycles. The molecule has 16 heavy (non-hydrogen) atoms. The van der Waals surface area contributed by atoms with Gasteiger partial charge in [0, 0.05) is 20.6 Å². The minimum absolute atomic E-state index is 0.250. The molecule has 0 unspecified atom stereocenters. The van der Waals surface area contributed by atoms with Crippen LogP contribution in [-0.4, -0.2) is 9.73 Å². The molecule has 2 heteroatoms. The summed E-state index contributed by atoms with van der Waals surface area (Å²) in [6.07, 6.45) is 13.2. The number of hydrogen-bond acceptors (Lipinski definition) is 2. The third kappa shape index (κ3) is 1.26. The Balaban J connectivity index is 1.87. The lowest BCUT2D eigenvalue weighted by Crippen LogP contribution is -2.66. The van der Waals surface area contributed by atoms with Gasteiger partial charge in [-0.25, -0.2) is 0 Å². The molecule has 0 bridgehead atoms. The molecule has 0 nitrogen and oxygen atoms in total. The molecular formula is C14H20S2. The van der Waals surface area contributed by atoms with Gasteiger partial charge in [-0.2, -0.15) is 0 Å². The van der Waals surface area contributed by atoms with Gasteiger partial charge in [0.2, 0.25) is 0 Å². The Bertz CT molecular complexity index is 281. The van der Waals surface area contributed by atoms with Gasteiger partial charge in [0.1, 0.15) is 0 Å². The Labute approximate surface area is 109 Å². The molecule has 0 aromatic carbocycles. The van der Waals surface area contributed by atoms with E-state index in [0.29, 0.717) is 0 Å². The molecule has 0 radical (unpaired) electrons. The SMILES string of the molecule is S=C1C2(CCCCC2)C(=S)C12CCCCC2. The second-order valence-electron chi connectivity index (χ2n) is 5.94. The Hall–Kier alpha value is 0.180. The molecule has 0 aromatic heterocycles. The normalized spacial score (nSPS) is 31.8. The zero-order valence-corrected chi connectivity index (χ0v) is 11.5. The van der Waals surface area contributed by atoms with Gasteiger partial charge in [-0.3, -0.25) is 0 Å². The zero-order chi connectivity index (χ0) is 11.2. The van der Waals surface area contributed by atoms with Crippen molar-refractivity contribution in [3.63, 3.8) is 0 Å². The van der Waals surface area contributed by atoms with Crippen LogP contribution in [0.15, 0.2) is 0 Å². The zero-order valence-electron chi connectivity index (χ0n) is 9.89. The fourth-order valence-electron chi connectivity index (χ4n) is 4.28. The molecule has 0 N–H and O–H groups in total. The molecule has 3 aliphatic rings. The van der Waals surface area contributed by atoms with E-state index in [1.54, 1.807) is 0 Å². The summed E-state index contributed by atoms with van der Waals surface area (Å²) in [5.74, 6) is 0. The van der Waals surface area contributed by atoms with Crippen LogP contribution in [0.3, 0.4) is 0 Å². The quantitative estimate of drug-likeness (QED) is 0.576. The van der Waals surface area contributed by atoms with Crippen LogP contribution in [0.2, 0.25) is 0 Å². The standard InChI is InChI=1S/C14H20S2/c15-11-13(7-3-1-4-8-13)12(16)14(11)9-5-2-6-10-14/h1-10H2. The van der Waals surface area contributed by atoms with Crippen molar-refractivity contribution in [1.82, 2.24) is 0 Å². The fraction of sp³-hybridized carbons (Fsp3) is 0.857. The van der Waals surface area contributed by atoms with Gasteiger partial charge < -0.3 is 0 Å². The highest BCUT2D eigenvalue weighted by atomic mass is 32.1. The van der Waals surface area contributed by atoms with Gasteiger partial charge in [0.15, 0.2) is 0 Å². The van der Waals surface area contributed by atoms with Crippen LogP contribution in [0.1, 0.15) is 64.2 Å². The maximum atomic E-state index is 5.84. The van der Waals surface area contributed by atoms with E-state index in [4.69, 9.17) is 24.4 Å². The lowest BCUT2D eigenvalue weighted by atomic mass is 9.45. The highest BCUT2D eigenvalue weighted by Crippen LogP contribution is 2.61. The van der Waals surface area contributed by atoms with Gasteiger partial charge in [0.05, 0.1) is 0 Å².